The van der Waals surface area contributed by atoms with Crippen LogP contribution in [0.4, 0.5) is 0 Å². The van der Waals surface area contributed by atoms with Gasteiger partial charge in [0.25, 0.3) is 0 Å². The highest BCUT2D eigenvalue weighted by Crippen LogP contribution is 2.27. The fraction of sp³-hybridized carbons (Fsp3) is 0. The van der Waals surface area contributed by atoms with Crippen LogP contribution in [0.3, 0.4) is 0 Å². The van der Waals surface area contributed by atoms with Crippen molar-refractivity contribution in [2.45, 2.75) is 0 Å². The van der Waals surface area contributed by atoms with E-state index in [-0.39, 0.29) is 0 Å². The van der Waals surface area contributed by atoms with Crippen LogP contribution in [0.2, 0.25) is 0 Å². The van der Waals surface area contributed by atoms with Gasteiger partial charge < -0.3 is 0 Å². The van der Waals surface area contributed by atoms with Crippen molar-refractivity contribution in [1.82, 2.24) is 0 Å². The first-order valence-corrected chi connectivity index (χ1v) is 10.1. The van der Waals surface area contributed by atoms with Crippen molar-refractivity contribution in [2.24, 2.45) is 0 Å². The maximum atomic E-state index is 8.49. The number of hydrogen-bond acceptors (Lipinski definition) is 4. The molecule has 0 N–H and O–H groups in total. The van der Waals surface area contributed by atoms with Gasteiger partial charge in [0.05, 0.1) is 5.39 Å². The van der Waals surface area contributed by atoms with E-state index in [2.05, 4.69) is 102 Å². The van der Waals surface area contributed by atoms with Crippen molar-refractivity contribution >= 4 is 32.6 Å². The minimum Gasteiger partial charge on any atom is -0.222 e. The van der Waals surface area contributed by atoms with E-state index in [4.69, 9.17) is 18.6 Å². The molecule has 4 aromatic carbocycles. The molecule has 0 fully saturated rings. The van der Waals surface area contributed by atoms with Crippen LogP contribution in [-0.4, -0.2) is 0 Å². The lowest BCUT2D eigenvalue weighted by Crippen LogP contribution is -2.68. The third-order valence-corrected chi connectivity index (χ3v) is 4.68. The summed E-state index contributed by atoms with van der Waals surface area (Å²) in [6.07, 6.45) is 0. The second-order valence-electron chi connectivity index (χ2n) is 6.47. The number of pyridine rings is 1. The lowest BCUT2D eigenvalue weighted by molar-refractivity contribution is -2.00. The van der Waals surface area contributed by atoms with Gasteiger partial charge in [-0.1, -0.05) is 54.6 Å². The second kappa shape index (κ2) is 7.75. The van der Waals surface area contributed by atoms with Gasteiger partial charge in [-0.25, -0.2) is 18.6 Å². The molecule has 1 aromatic heterocycles. The minimum absolute atomic E-state index is 1.19. The molecule has 5 rings (SSSR count). The van der Waals surface area contributed by atoms with E-state index >= 15 is 0 Å². The summed E-state index contributed by atoms with van der Waals surface area (Å²) >= 11 is 0. The van der Waals surface area contributed by atoms with E-state index in [9.17, 15) is 0 Å². The predicted molar refractivity (Wildman–Crippen MR) is 100 cm³/mol. The van der Waals surface area contributed by atoms with Gasteiger partial charge >= 0.3 is 0 Å². The molecular weight excluding hydrogens is 390 g/mol. The number of rotatable bonds is 1. The average Bonchev–Trinajstić information content (AvgIpc) is 2.71. The number of hydrogen-bond donors (Lipinski definition) is 0. The van der Waals surface area contributed by atoms with Gasteiger partial charge in [-0.3, -0.25) is 0 Å². The largest absolute Gasteiger partial charge is 0.222 e. The van der Waals surface area contributed by atoms with E-state index in [1.807, 2.05) is 0 Å². The summed E-state index contributed by atoms with van der Waals surface area (Å²) in [7, 11) is -4.94. The van der Waals surface area contributed by atoms with Crippen LogP contribution in [0.25, 0.3) is 38.3 Å². The van der Waals surface area contributed by atoms with Gasteiger partial charge in [0.15, 0.2) is 0 Å². The quantitative estimate of drug-likeness (QED) is 0.232. The van der Waals surface area contributed by atoms with E-state index < -0.39 is 10.2 Å². The SMILES string of the molecule is [O-][Cl+3]([O-])([O-])[O-].c1ccc(-[n+]2c3ccccc3cc3c4ccccc4ccc32)cc1. The Labute approximate surface area is 169 Å². The Morgan fingerprint density at radius 3 is 1.83 bits per heavy atom. The molecule has 6 heteroatoms. The molecule has 144 valence electrons. The summed E-state index contributed by atoms with van der Waals surface area (Å²) in [4.78, 5) is 0. The maximum absolute atomic E-state index is 8.49. The second-order valence-corrected chi connectivity index (χ2v) is 7.23. The summed E-state index contributed by atoms with van der Waals surface area (Å²) in [6, 6.07) is 34.5. The van der Waals surface area contributed by atoms with Gasteiger partial charge in [-0.15, -0.1) is 10.2 Å². The molecule has 0 saturated carbocycles. The highest BCUT2D eigenvalue weighted by Gasteiger charge is 2.18. The molecule has 0 atom stereocenters. The Bertz CT molecular complexity index is 1290. The number of nitrogens with zero attached hydrogens (tertiary/aromatic N) is 1. The Balaban J connectivity index is 0.000000369. The van der Waals surface area contributed by atoms with Crippen LogP contribution in [0, 0.1) is 10.2 Å². The Morgan fingerprint density at radius 1 is 0.517 bits per heavy atom. The Kier molecular flexibility index (Phi) is 5.15. The summed E-state index contributed by atoms with van der Waals surface area (Å²) in [6.45, 7) is 0. The molecule has 0 aliphatic heterocycles. The lowest BCUT2D eigenvalue weighted by Gasteiger charge is -2.17. The van der Waals surface area contributed by atoms with Crippen LogP contribution < -0.4 is 23.2 Å². The number of para-hydroxylation sites is 2. The first kappa shape index (κ1) is 19.3. The predicted octanol–water partition coefficient (Wildman–Crippen LogP) is 0.667. The van der Waals surface area contributed by atoms with Crippen molar-refractivity contribution in [2.75, 3.05) is 0 Å². The number of halogens is 1. The molecule has 0 bridgehead atoms. The molecule has 29 heavy (non-hydrogen) atoms. The van der Waals surface area contributed by atoms with Crippen molar-refractivity contribution < 1.29 is 33.4 Å². The van der Waals surface area contributed by atoms with Crippen LogP contribution in [0.5, 0.6) is 0 Å². The molecule has 0 unspecified atom stereocenters. The van der Waals surface area contributed by atoms with Crippen molar-refractivity contribution in [3.63, 3.8) is 0 Å². The molecule has 0 amide bonds. The van der Waals surface area contributed by atoms with Crippen molar-refractivity contribution in [3.05, 3.63) is 97.1 Å². The first-order chi connectivity index (χ1) is 13.9. The maximum Gasteiger partial charge on any atom is 0.219 e. The molecule has 5 nitrogen and oxygen atoms in total. The van der Waals surface area contributed by atoms with E-state index in [0.717, 1.165) is 0 Å². The third-order valence-electron chi connectivity index (χ3n) is 4.68. The molecule has 0 radical (unpaired) electrons. The van der Waals surface area contributed by atoms with Crippen molar-refractivity contribution in [1.29, 1.82) is 0 Å². The zero-order chi connectivity index (χ0) is 20.4. The van der Waals surface area contributed by atoms with Gasteiger partial charge in [-0.05, 0) is 29.0 Å². The summed E-state index contributed by atoms with van der Waals surface area (Å²) in [5.41, 5.74) is 3.65. The van der Waals surface area contributed by atoms with Gasteiger partial charge in [-0.2, -0.15) is 4.57 Å². The summed E-state index contributed by atoms with van der Waals surface area (Å²) < 4.78 is 36.3. The van der Waals surface area contributed by atoms with E-state index in [0.29, 0.717) is 0 Å². The Hall–Kier alpha value is -3.06. The normalized spacial score (nSPS) is 11.4. The van der Waals surface area contributed by atoms with E-state index in [1.165, 1.54) is 38.3 Å². The first-order valence-electron chi connectivity index (χ1n) is 8.84. The lowest BCUT2D eigenvalue weighted by atomic mass is 10.0. The average molecular weight is 406 g/mol. The smallest absolute Gasteiger partial charge is 0.219 e. The fourth-order valence-corrected chi connectivity index (χ4v) is 3.58. The van der Waals surface area contributed by atoms with Gasteiger partial charge in [0, 0.05) is 29.7 Å². The number of benzene rings is 4. The monoisotopic (exact) mass is 405 g/mol. The van der Waals surface area contributed by atoms with Crippen LogP contribution in [0.1, 0.15) is 0 Å². The van der Waals surface area contributed by atoms with Crippen LogP contribution >= 0.6 is 0 Å². The molecule has 0 aliphatic carbocycles. The summed E-state index contributed by atoms with van der Waals surface area (Å²) in [5.74, 6) is 0. The number of fused-ring (bicyclic) bond motifs is 4. The minimum atomic E-state index is -4.94. The molecule has 5 aromatic rings. The highest BCUT2D eigenvalue weighted by molar-refractivity contribution is 6.07. The van der Waals surface area contributed by atoms with Gasteiger partial charge in [0.2, 0.25) is 16.7 Å². The molecule has 0 spiro atoms. The standard InChI is InChI=1S/C23H16N.ClHO4/c1-2-10-19(11-3-1)24-22-13-7-5-9-18(22)16-21-20-12-6-4-8-17(20)14-15-23(21)24;2-1(3,4)5/h1-16H;(H,2,3,4,5)/q+1;/p-1. The zero-order valence-corrected chi connectivity index (χ0v) is 16.0. The van der Waals surface area contributed by atoms with Crippen LogP contribution in [-0.2, 0) is 0 Å². The summed E-state index contributed by atoms with van der Waals surface area (Å²) in [5, 5.41) is 5.12. The number of aromatic nitrogens is 1. The van der Waals surface area contributed by atoms with Crippen LogP contribution in [0.15, 0.2) is 97.1 Å². The van der Waals surface area contributed by atoms with E-state index in [1.54, 1.807) is 0 Å². The highest BCUT2D eigenvalue weighted by atomic mass is 35.7. The molecule has 0 aliphatic rings. The molecular formula is C23H16ClNO4. The third kappa shape index (κ3) is 4.19. The topological polar surface area (TPSA) is 96.1 Å². The zero-order valence-electron chi connectivity index (χ0n) is 15.2. The van der Waals surface area contributed by atoms with Gasteiger partial charge in [0.1, 0.15) is 0 Å². The van der Waals surface area contributed by atoms with Crippen molar-refractivity contribution in [3.8, 4) is 5.69 Å². The Morgan fingerprint density at radius 2 is 1.10 bits per heavy atom. The molecule has 0 saturated heterocycles. The fourth-order valence-electron chi connectivity index (χ4n) is 3.58. The molecule has 1 heterocycles.